The van der Waals surface area contributed by atoms with Crippen LogP contribution in [0.25, 0.3) is 28.4 Å². The number of aromatic nitrogens is 4. The predicted octanol–water partition coefficient (Wildman–Crippen LogP) is 5.45. The van der Waals surface area contributed by atoms with Crippen LogP contribution in [-0.4, -0.2) is 19.7 Å². The van der Waals surface area contributed by atoms with Crippen molar-refractivity contribution >= 4 is 22.7 Å². The molecule has 2 aromatic heterocycles. The minimum absolute atomic E-state index is 0.298. The molecule has 30 heavy (non-hydrogen) atoms. The first-order valence-electron chi connectivity index (χ1n) is 9.08. The van der Waals surface area contributed by atoms with Gasteiger partial charge in [-0.25, -0.2) is 9.67 Å². The normalized spacial score (nSPS) is 12.3. The lowest BCUT2D eigenvalue weighted by Gasteiger charge is -2.10. The number of aromatic amines is 1. The van der Waals surface area contributed by atoms with Gasteiger partial charge in [0, 0.05) is 11.3 Å². The van der Waals surface area contributed by atoms with Crippen LogP contribution in [0.1, 0.15) is 28.3 Å². The van der Waals surface area contributed by atoms with E-state index in [0.29, 0.717) is 34.0 Å². The fourth-order valence-electron chi connectivity index (χ4n) is 3.31. The van der Waals surface area contributed by atoms with Gasteiger partial charge in [0.05, 0.1) is 33.6 Å². The molecule has 0 atom stereocenters. The number of H-pyrrole nitrogens is 1. The highest BCUT2D eigenvalue weighted by molar-refractivity contribution is 5.91. The SMILES string of the molecule is Cc1nn(-c2cccc(C(F)(F)F)c2)c(C)c1C=C(C#N)c1nc2ccccc2[nH]1. The van der Waals surface area contributed by atoms with Crippen molar-refractivity contribution in [1.29, 1.82) is 5.26 Å². The molecule has 0 amide bonds. The second-order valence-corrected chi connectivity index (χ2v) is 6.82. The van der Waals surface area contributed by atoms with Crippen molar-refractivity contribution in [3.8, 4) is 11.8 Å². The topological polar surface area (TPSA) is 70.3 Å². The lowest BCUT2D eigenvalue weighted by atomic mass is 10.1. The van der Waals surface area contributed by atoms with E-state index in [1.165, 1.54) is 10.7 Å². The number of benzene rings is 2. The molecule has 0 aliphatic heterocycles. The molecule has 150 valence electrons. The summed E-state index contributed by atoms with van der Waals surface area (Å²) in [5.74, 6) is 0.421. The van der Waals surface area contributed by atoms with Gasteiger partial charge in [-0.1, -0.05) is 18.2 Å². The van der Waals surface area contributed by atoms with Crippen LogP contribution in [0.4, 0.5) is 13.2 Å². The smallest absolute Gasteiger partial charge is 0.337 e. The predicted molar refractivity (Wildman–Crippen MR) is 108 cm³/mol. The van der Waals surface area contributed by atoms with E-state index in [2.05, 4.69) is 21.1 Å². The molecule has 0 bridgehead atoms. The van der Waals surface area contributed by atoms with E-state index >= 15 is 0 Å². The molecule has 2 heterocycles. The van der Waals surface area contributed by atoms with Crippen molar-refractivity contribution < 1.29 is 13.2 Å². The lowest BCUT2D eigenvalue weighted by molar-refractivity contribution is -0.137. The van der Waals surface area contributed by atoms with Gasteiger partial charge in [-0.15, -0.1) is 0 Å². The van der Waals surface area contributed by atoms with Crippen molar-refractivity contribution in [2.45, 2.75) is 20.0 Å². The van der Waals surface area contributed by atoms with Gasteiger partial charge >= 0.3 is 6.18 Å². The third kappa shape index (κ3) is 3.46. The van der Waals surface area contributed by atoms with Gasteiger partial charge in [0.25, 0.3) is 0 Å². The number of hydrogen-bond acceptors (Lipinski definition) is 3. The first-order chi connectivity index (χ1) is 14.3. The summed E-state index contributed by atoms with van der Waals surface area (Å²) < 4.78 is 40.7. The van der Waals surface area contributed by atoms with Crippen LogP contribution >= 0.6 is 0 Å². The minimum atomic E-state index is -4.44. The van der Waals surface area contributed by atoms with Gasteiger partial charge in [-0.2, -0.15) is 23.5 Å². The summed E-state index contributed by atoms with van der Waals surface area (Å²) in [6.45, 7) is 3.50. The quantitative estimate of drug-likeness (QED) is 0.459. The maximum absolute atomic E-state index is 13.1. The van der Waals surface area contributed by atoms with Crippen molar-refractivity contribution in [1.82, 2.24) is 19.7 Å². The Balaban J connectivity index is 1.79. The Morgan fingerprint density at radius 3 is 2.60 bits per heavy atom. The lowest BCUT2D eigenvalue weighted by Crippen LogP contribution is -2.07. The molecule has 0 radical (unpaired) electrons. The molecule has 0 fully saturated rings. The number of para-hydroxylation sites is 2. The molecule has 0 unspecified atom stereocenters. The largest absolute Gasteiger partial charge is 0.416 e. The number of aryl methyl sites for hydroxylation is 1. The second kappa shape index (κ2) is 7.19. The number of nitrogens with one attached hydrogen (secondary N) is 1. The number of nitriles is 1. The van der Waals surface area contributed by atoms with E-state index in [0.717, 1.165) is 23.2 Å². The van der Waals surface area contributed by atoms with Crippen LogP contribution in [0.3, 0.4) is 0 Å². The van der Waals surface area contributed by atoms with E-state index < -0.39 is 11.7 Å². The summed E-state index contributed by atoms with van der Waals surface area (Å²) in [6.07, 6.45) is -2.79. The Kier molecular flexibility index (Phi) is 4.66. The molecule has 8 heteroatoms. The number of fused-ring (bicyclic) bond motifs is 1. The summed E-state index contributed by atoms with van der Waals surface area (Å²) in [6, 6.07) is 14.6. The third-order valence-corrected chi connectivity index (χ3v) is 4.82. The Morgan fingerprint density at radius 2 is 1.90 bits per heavy atom. The van der Waals surface area contributed by atoms with Crippen LogP contribution in [0.15, 0.2) is 48.5 Å². The standard InChI is InChI=1S/C22H16F3N5/c1-13-18(10-15(12-26)21-27-19-8-3-4-9-20(19)28-21)14(2)30(29-13)17-7-5-6-16(11-17)22(23,24)25/h3-11H,1-2H3,(H,27,28). The molecule has 1 N–H and O–H groups in total. The van der Waals surface area contributed by atoms with Crippen LogP contribution in [0.2, 0.25) is 0 Å². The first kappa shape index (κ1) is 19.5. The molecule has 5 nitrogen and oxygen atoms in total. The second-order valence-electron chi connectivity index (χ2n) is 6.82. The van der Waals surface area contributed by atoms with Gasteiger partial charge in [0.15, 0.2) is 0 Å². The van der Waals surface area contributed by atoms with Gasteiger partial charge in [0.2, 0.25) is 0 Å². The maximum atomic E-state index is 13.1. The zero-order chi connectivity index (χ0) is 21.5. The molecule has 4 rings (SSSR count). The number of allylic oxidation sites excluding steroid dienone is 1. The zero-order valence-electron chi connectivity index (χ0n) is 16.1. The molecular weight excluding hydrogens is 391 g/mol. The molecule has 4 aromatic rings. The van der Waals surface area contributed by atoms with Crippen LogP contribution in [0.5, 0.6) is 0 Å². The van der Waals surface area contributed by atoms with Crippen LogP contribution in [0, 0.1) is 25.2 Å². The Bertz CT molecular complexity index is 1290. The molecular formula is C22H16F3N5. The number of nitrogens with zero attached hydrogens (tertiary/aromatic N) is 4. The number of rotatable bonds is 3. The Hall–Kier alpha value is -3.86. The van der Waals surface area contributed by atoms with E-state index in [1.807, 2.05) is 24.3 Å². The highest BCUT2D eigenvalue weighted by atomic mass is 19.4. The number of hydrogen-bond donors (Lipinski definition) is 1. The summed E-state index contributed by atoms with van der Waals surface area (Å²) in [7, 11) is 0. The summed E-state index contributed by atoms with van der Waals surface area (Å²) >= 11 is 0. The van der Waals surface area contributed by atoms with Crippen molar-refractivity contribution in [2.75, 3.05) is 0 Å². The average Bonchev–Trinajstić information content (AvgIpc) is 3.27. The highest BCUT2D eigenvalue weighted by Gasteiger charge is 2.30. The van der Waals surface area contributed by atoms with Gasteiger partial charge in [-0.05, 0) is 50.3 Å². The Labute approximate surface area is 170 Å². The molecule has 0 aliphatic carbocycles. The van der Waals surface area contributed by atoms with Crippen molar-refractivity contribution in [3.05, 3.63) is 76.9 Å². The van der Waals surface area contributed by atoms with Crippen LogP contribution in [-0.2, 0) is 6.18 Å². The minimum Gasteiger partial charge on any atom is -0.337 e. The molecule has 0 aliphatic rings. The fraction of sp³-hybridized carbons (Fsp3) is 0.136. The summed E-state index contributed by atoms with van der Waals surface area (Å²) in [5.41, 5.74) is 3.27. The number of halogens is 3. The third-order valence-electron chi connectivity index (χ3n) is 4.82. The van der Waals surface area contributed by atoms with Crippen molar-refractivity contribution in [2.24, 2.45) is 0 Å². The van der Waals surface area contributed by atoms with Crippen LogP contribution < -0.4 is 0 Å². The van der Waals surface area contributed by atoms with E-state index in [4.69, 9.17) is 0 Å². The van der Waals surface area contributed by atoms with E-state index in [1.54, 1.807) is 26.0 Å². The molecule has 0 spiro atoms. The summed E-state index contributed by atoms with van der Waals surface area (Å²) in [4.78, 5) is 7.56. The van der Waals surface area contributed by atoms with Crippen molar-refractivity contribution in [3.63, 3.8) is 0 Å². The van der Waals surface area contributed by atoms with E-state index in [9.17, 15) is 18.4 Å². The average molecular weight is 407 g/mol. The Morgan fingerprint density at radius 1 is 1.13 bits per heavy atom. The number of alkyl halides is 3. The molecule has 2 aromatic carbocycles. The molecule has 0 saturated carbocycles. The monoisotopic (exact) mass is 407 g/mol. The van der Waals surface area contributed by atoms with Gasteiger partial charge in [0.1, 0.15) is 11.9 Å². The summed E-state index contributed by atoms with van der Waals surface area (Å²) in [5, 5.41) is 14.1. The van der Waals surface area contributed by atoms with Gasteiger partial charge in [-0.3, -0.25) is 0 Å². The fourth-order valence-corrected chi connectivity index (χ4v) is 3.31. The van der Waals surface area contributed by atoms with Gasteiger partial charge < -0.3 is 4.98 Å². The number of imidazole rings is 1. The maximum Gasteiger partial charge on any atom is 0.416 e. The zero-order valence-corrected chi connectivity index (χ0v) is 16.1. The molecule has 0 saturated heterocycles. The highest BCUT2D eigenvalue weighted by Crippen LogP contribution is 2.31. The van der Waals surface area contributed by atoms with E-state index in [-0.39, 0.29) is 0 Å². The first-order valence-corrected chi connectivity index (χ1v) is 9.08.